The van der Waals surface area contributed by atoms with E-state index in [1.807, 2.05) is 11.9 Å². The van der Waals surface area contributed by atoms with Crippen molar-refractivity contribution in [3.05, 3.63) is 28.2 Å². The summed E-state index contributed by atoms with van der Waals surface area (Å²) in [6.07, 6.45) is 3.23. The van der Waals surface area contributed by atoms with Crippen molar-refractivity contribution in [2.45, 2.75) is 31.7 Å². The van der Waals surface area contributed by atoms with E-state index in [4.69, 9.17) is 27.9 Å². The Morgan fingerprint density at radius 2 is 2.09 bits per heavy atom. The largest absolute Gasteiger partial charge is 0.492 e. The van der Waals surface area contributed by atoms with E-state index in [-0.39, 0.29) is 5.91 Å². The number of ether oxygens (including phenoxy) is 1. The van der Waals surface area contributed by atoms with Crippen LogP contribution in [0.25, 0.3) is 0 Å². The van der Waals surface area contributed by atoms with Crippen LogP contribution < -0.4 is 10.1 Å². The maximum absolute atomic E-state index is 12.1. The molecule has 0 aromatic heterocycles. The predicted octanol–water partition coefficient (Wildman–Crippen LogP) is 3.36. The van der Waals surface area contributed by atoms with Crippen molar-refractivity contribution in [2.24, 2.45) is 0 Å². The molecule has 4 nitrogen and oxygen atoms in total. The molecule has 1 heterocycles. The van der Waals surface area contributed by atoms with Crippen LogP contribution in [0.3, 0.4) is 0 Å². The molecule has 22 heavy (non-hydrogen) atoms. The lowest BCUT2D eigenvalue weighted by Crippen LogP contribution is -2.43. The molecule has 1 saturated heterocycles. The molecule has 1 aromatic carbocycles. The van der Waals surface area contributed by atoms with Crippen molar-refractivity contribution in [1.82, 2.24) is 10.2 Å². The second-order valence-electron chi connectivity index (χ2n) is 5.45. The van der Waals surface area contributed by atoms with Crippen molar-refractivity contribution in [3.63, 3.8) is 0 Å². The monoisotopic (exact) mass is 344 g/mol. The smallest absolute Gasteiger partial charge is 0.222 e. The number of amides is 1. The minimum Gasteiger partial charge on any atom is -0.492 e. The first-order chi connectivity index (χ1) is 10.6. The Labute approximate surface area is 141 Å². The van der Waals surface area contributed by atoms with Crippen molar-refractivity contribution in [1.29, 1.82) is 0 Å². The molecule has 1 N–H and O–H groups in total. The summed E-state index contributed by atoms with van der Waals surface area (Å²) in [6, 6.07) is 5.83. The average molecular weight is 345 g/mol. The van der Waals surface area contributed by atoms with Gasteiger partial charge in [-0.15, -0.1) is 0 Å². The van der Waals surface area contributed by atoms with Gasteiger partial charge in [0.1, 0.15) is 10.8 Å². The molecule has 1 aliphatic heterocycles. The van der Waals surface area contributed by atoms with Gasteiger partial charge in [-0.05, 0) is 38.4 Å². The maximum atomic E-state index is 12.1. The van der Waals surface area contributed by atoms with Crippen LogP contribution in [-0.4, -0.2) is 43.6 Å². The minimum absolute atomic E-state index is 0.204. The number of hydrogen-bond acceptors (Lipinski definition) is 3. The molecule has 6 heteroatoms. The first kappa shape index (κ1) is 17.4. The summed E-state index contributed by atoms with van der Waals surface area (Å²) in [6.45, 7) is 2.13. The van der Waals surface area contributed by atoms with Gasteiger partial charge in [-0.3, -0.25) is 4.79 Å². The summed E-state index contributed by atoms with van der Waals surface area (Å²) in [5.74, 6) is 0.770. The fourth-order valence-corrected chi connectivity index (χ4v) is 2.92. The van der Waals surface area contributed by atoms with Crippen molar-refractivity contribution in [3.8, 4) is 5.75 Å². The Morgan fingerprint density at radius 3 is 2.77 bits per heavy atom. The standard InChI is InChI=1S/C16H22Cl2N2O2/c1-19-12-7-9-20(10-8-12)15(21)6-3-11-22-14-5-2-4-13(17)16(14)18/h2,4-5,12,19H,3,6-11H2,1H3. The number of hydrogen-bond donors (Lipinski definition) is 1. The summed E-state index contributed by atoms with van der Waals surface area (Å²) < 4.78 is 5.59. The third kappa shape index (κ3) is 4.77. The second kappa shape index (κ2) is 8.61. The number of carbonyl (C=O) groups is 1. The van der Waals surface area contributed by atoms with E-state index in [0.717, 1.165) is 25.9 Å². The second-order valence-corrected chi connectivity index (χ2v) is 6.23. The SMILES string of the molecule is CNC1CCN(C(=O)CCCOc2cccc(Cl)c2Cl)CC1. The van der Waals surface area contributed by atoms with Crippen molar-refractivity contribution < 1.29 is 9.53 Å². The Balaban J connectivity index is 1.68. The molecule has 2 rings (SSSR count). The van der Waals surface area contributed by atoms with Gasteiger partial charge in [0.15, 0.2) is 0 Å². The molecule has 122 valence electrons. The summed E-state index contributed by atoms with van der Waals surface area (Å²) in [4.78, 5) is 14.1. The average Bonchev–Trinajstić information content (AvgIpc) is 2.55. The highest BCUT2D eigenvalue weighted by atomic mass is 35.5. The Hall–Kier alpha value is -0.970. The molecule has 0 spiro atoms. The highest BCUT2D eigenvalue weighted by Gasteiger charge is 2.21. The Morgan fingerprint density at radius 1 is 1.36 bits per heavy atom. The Kier molecular flexibility index (Phi) is 6.80. The lowest BCUT2D eigenvalue weighted by atomic mass is 10.0. The minimum atomic E-state index is 0.204. The van der Waals surface area contributed by atoms with Gasteiger partial charge >= 0.3 is 0 Å². The van der Waals surface area contributed by atoms with Gasteiger partial charge in [0.05, 0.1) is 11.6 Å². The number of likely N-dealkylation sites (tertiary alicyclic amines) is 1. The summed E-state index contributed by atoms with van der Waals surface area (Å²) in [5.41, 5.74) is 0. The molecule has 0 aliphatic carbocycles. The lowest BCUT2D eigenvalue weighted by Gasteiger charge is -2.31. The Bertz CT molecular complexity index is 503. The molecule has 0 unspecified atom stereocenters. The fourth-order valence-electron chi connectivity index (χ4n) is 2.58. The van der Waals surface area contributed by atoms with Crippen LogP contribution in [0.5, 0.6) is 5.75 Å². The van der Waals surface area contributed by atoms with Crippen LogP contribution in [0.4, 0.5) is 0 Å². The highest BCUT2D eigenvalue weighted by Crippen LogP contribution is 2.31. The van der Waals surface area contributed by atoms with Gasteiger partial charge in [0, 0.05) is 25.6 Å². The molecular formula is C16H22Cl2N2O2. The van der Waals surface area contributed by atoms with Crippen LogP contribution in [0.2, 0.25) is 10.0 Å². The van der Waals surface area contributed by atoms with Gasteiger partial charge in [-0.1, -0.05) is 29.3 Å². The van der Waals surface area contributed by atoms with Crippen LogP contribution >= 0.6 is 23.2 Å². The predicted molar refractivity (Wildman–Crippen MR) is 89.9 cm³/mol. The molecule has 1 aliphatic rings. The van der Waals surface area contributed by atoms with Gasteiger partial charge in [0.2, 0.25) is 5.91 Å². The van der Waals surface area contributed by atoms with Crippen LogP contribution in [0.15, 0.2) is 18.2 Å². The van der Waals surface area contributed by atoms with E-state index in [0.29, 0.717) is 41.3 Å². The molecule has 0 radical (unpaired) electrons. The highest BCUT2D eigenvalue weighted by molar-refractivity contribution is 6.42. The van der Waals surface area contributed by atoms with Gasteiger partial charge < -0.3 is 15.0 Å². The maximum Gasteiger partial charge on any atom is 0.222 e. The van der Waals surface area contributed by atoms with Crippen molar-refractivity contribution >= 4 is 29.1 Å². The van der Waals surface area contributed by atoms with Gasteiger partial charge in [-0.2, -0.15) is 0 Å². The summed E-state index contributed by atoms with van der Waals surface area (Å²) >= 11 is 12.0. The normalized spacial score (nSPS) is 15.9. The number of nitrogens with zero attached hydrogens (tertiary/aromatic N) is 1. The number of benzene rings is 1. The van der Waals surface area contributed by atoms with E-state index in [1.165, 1.54) is 0 Å². The first-order valence-corrected chi connectivity index (χ1v) is 8.39. The number of halogens is 2. The van der Waals surface area contributed by atoms with E-state index >= 15 is 0 Å². The van der Waals surface area contributed by atoms with E-state index in [9.17, 15) is 4.79 Å². The van der Waals surface area contributed by atoms with E-state index < -0.39 is 0 Å². The van der Waals surface area contributed by atoms with E-state index in [2.05, 4.69) is 5.32 Å². The quantitative estimate of drug-likeness (QED) is 0.804. The number of piperidine rings is 1. The summed E-state index contributed by atoms with van der Waals surface area (Å²) in [5, 5.41) is 4.16. The third-order valence-electron chi connectivity index (χ3n) is 3.96. The zero-order valence-corrected chi connectivity index (χ0v) is 14.3. The van der Waals surface area contributed by atoms with Crippen LogP contribution in [-0.2, 0) is 4.79 Å². The lowest BCUT2D eigenvalue weighted by molar-refractivity contribution is -0.132. The third-order valence-corrected chi connectivity index (χ3v) is 4.77. The number of nitrogens with one attached hydrogen (secondary N) is 1. The topological polar surface area (TPSA) is 41.6 Å². The molecule has 0 saturated carbocycles. The number of carbonyl (C=O) groups excluding carboxylic acids is 1. The van der Waals surface area contributed by atoms with Gasteiger partial charge in [0.25, 0.3) is 0 Å². The molecule has 1 aromatic rings. The molecule has 1 amide bonds. The molecule has 0 atom stereocenters. The zero-order valence-electron chi connectivity index (χ0n) is 12.8. The fraction of sp³-hybridized carbons (Fsp3) is 0.562. The molecular weight excluding hydrogens is 323 g/mol. The van der Waals surface area contributed by atoms with E-state index in [1.54, 1.807) is 18.2 Å². The number of rotatable bonds is 6. The molecule has 0 bridgehead atoms. The van der Waals surface area contributed by atoms with Gasteiger partial charge in [-0.25, -0.2) is 0 Å². The first-order valence-electron chi connectivity index (χ1n) is 7.63. The van der Waals surface area contributed by atoms with Crippen LogP contribution in [0.1, 0.15) is 25.7 Å². The van der Waals surface area contributed by atoms with Crippen molar-refractivity contribution in [2.75, 3.05) is 26.7 Å². The van der Waals surface area contributed by atoms with Crippen LogP contribution in [0, 0.1) is 0 Å². The summed E-state index contributed by atoms with van der Waals surface area (Å²) in [7, 11) is 1.97. The zero-order chi connectivity index (χ0) is 15.9. The molecule has 1 fully saturated rings.